The second-order valence-corrected chi connectivity index (χ2v) is 5.34. The van der Waals surface area contributed by atoms with Gasteiger partial charge in [-0.1, -0.05) is 29.3 Å². The normalized spacial score (nSPS) is 12.8. The zero-order valence-electron chi connectivity index (χ0n) is 7.63. The quantitative estimate of drug-likeness (QED) is 0.812. The maximum absolute atomic E-state index is 11.6. The van der Waals surface area contributed by atoms with Crippen LogP contribution in [-0.4, -0.2) is 9.96 Å². The van der Waals surface area contributed by atoms with Gasteiger partial charge in [-0.15, -0.1) is 0 Å². The summed E-state index contributed by atoms with van der Waals surface area (Å²) in [5.74, 6) is 0.776. The van der Waals surface area contributed by atoms with Crippen LogP contribution in [0.4, 0.5) is 0 Å². The smallest absolute Gasteiger partial charge is 0.0529 e. The van der Waals surface area contributed by atoms with E-state index in [9.17, 15) is 4.21 Å². The van der Waals surface area contributed by atoms with Crippen molar-refractivity contribution in [3.8, 4) is 0 Å². The predicted molar refractivity (Wildman–Crippen MR) is 60.3 cm³/mol. The fourth-order valence-electron chi connectivity index (χ4n) is 0.980. The molecule has 0 spiro atoms. The Morgan fingerprint density at radius 3 is 2.46 bits per heavy atom. The average Bonchev–Trinajstić information content (AvgIpc) is 2.15. The number of halogens is 1. The van der Waals surface area contributed by atoms with Gasteiger partial charge >= 0.3 is 0 Å². The molecule has 1 aromatic carbocycles. The van der Waals surface area contributed by atoms with Crippen LogP contribution in [0.25, 0.3) is 0 Å². The molecule has 0 aliphatic heterocycles. The molecule has 1 rings (SSSR count). The third-order valence-corrected chi connectivity index (χ3v) is 3.75. The van der Waals surface area contributed by atoms with Gasteiger partial charge in [0.25, 0.3) is 0 Å². The Labute approximate surface area is 90.1 Å². The van der Waals surface area contributed by atoms with Crippen LogP contribution in [0.15, 0.2) is 33.6 Å². The van der Waals surface area contributed by atoms with Crippen LogP contribution in [0.1, 0.15) is 19.8 Å². The van der Waals surface area contributed by atoms with E-state index in [0.29, 0.717) is 0 Å². The first-order chi connectivity index (χ1) is 6.24. The molecule has 0 aromatic heterocycles. The van der Waals surface area contributed by atoms with Crippen molar-refractivity contribution in [2.75, 3.05) is 5.75 Å². The maximum Gasteiger partial charge on any atom is 0.0529 e. The Morgan fingerprint density at radius 2 is 1.92 bits per heavy atom. The molecule has 0 aliphatic rings. The van der Waals surface area contributed by atoms with Gasteiger partial charge in [-0.3, -0.25) is 4.21 Å². The van der Waals surface area contributed by atoms with Crippen LogP contribution in [0.5, 0.6) is 0 Å². The molecule has 0 bridgehead atoms. The van der Waals surface area contributed by atoms with Crippen LogP contribution in [-0.2, 0) is 10.8 Å². The van der Waals surface area contributed by atoms with Gasteiger partial charge in [0.05, 0.1) is 10.8 Å². The first-order valence-electron chi connectivity index (χ1n) is 4.38. The van der Waals surface area contributed by atoms with Crippen molar-refractivity contribution >= 4 is 26.7 Å². The highest BCUT2D eigenvalue weighted by Gasteiger charge is 2.01. The minimum absolute atomic E-state index is 0.776. The minimum Gasteiger partial charge on any atom is -0.254 e. The summed E-state index contributed by atoms with van der Waals surface area (Å²) in [6.07, 6.45) is 2.13. The molecular weight excluding hydrogens is 248 g/mol. The molecule has 1 nitrogen and oxygen atoms in total. The Balaban J connectivity index is 2.61. The SMILES string of the molecule is CCCCS(=O)c1ccc(Br)cc1. The lowest BCUT2D eigenvalue weighted by molar-refractivity contribution is 0.679. The summed E-state index contributed by atoms with van der Waals surface area (Å²) < 4.78 is 12.6. The second kappa shape index (κ2) is 5.55. The fraction of sp³-hybridized carbons (Fsp3) is 0.400. The number of benzene rings is 1. The van der Waals surface area contributed by atoms with Crippen molar-refractivity contribution in [2.45, 2.75) is 24.7 Å². The topological polar surface area (TPSA) is 17.1 Å². The Hall–Kier alpha value is -0.150. The molecule has 1 unspecified atom stereocenters. The largest absolute Gasteiger partial charge is 0.254 e. The van der Waals surface area contributed by atoms with Gasteiger partial charge in [0, 0.05) is 15.1 Å². The van der Waals surface area contributed by atoms with Crippen molar-refractivity contribution in [3.63, 3.8) is 0 Å². The minimum atomic E-state index is -0.812. The molecule has 0 aliphatic carbocycles. The van der Waals surface area contributed by atoms with Crippen LogP contribution in [0.2, 0.25) is 0 Å². The summed E-state index contributed by atoms with van der Waals surface area (Å²) in [7, 11) is -0.812. The van der Waals surface area contributed by atoms with Gasteiger partial charge in [0.1, 0.15) is 0 Å². The van der Waals surface area contributed by atoms with E-state index >= 15 is 0 Å². The molecule has 0 N–H and O–H groups in total. The molecule has 3 heteroatoms. The molecule has 0 amide bonds. The molecular formula is C10H13BrOS. The molecule has 0 heterocycles. The summed E-state index contributed by atoms with van der Waals surface area (Å²) in [5, 5.41) is 0. The molecule has 13 heavy (non-hydrogen) atoms. The molecule has 0 saturated heterocycles. The number of hydrogen-bond acceptors (Lipinski definition) is 1. The van der Waals surface area contributed by atoms with E-state index in [1.54, 1.807) is 0 Å². The first-order valence-corrected chi connectivity index (χ1v) is 6.49. The van der Waals surface area contributed by atoms with Gasteiger partial charge in [0.15, 0.2) is 0 Å². The van der Waals surface area contributed by atoms with Crippen LogP contribution in [0.3, 0.4) is 0 Å². The summed E-state index contributed by atoms with van der Waals surface area (Å²) in [6, 6.07) is 7.68. The summed E-state index contributed by atoms with van der Waals surface area (Å²) >= 11 is 3.35. The number of unbranched alkanes of at least 4 members (excludes halogenated alkanes) is 1. The monoisotopic (exact) mass is 260 g/mol. The highest BCUT2D eigenvalue weighted by molar-refractivity contribution is 9.10. The lowest BCUT2D eigenvalue weighted by atomic mass is 10.4. The third-order valence-electron chi connectivity index (χ3n) is 1.76. The number of hydrogen-bond donors (Lipinski definition) is 0. The molecule has 1 aromatic rings. The second-order valence-electron chi connectivity index (χ2n) is 2.86. The van der Waals surface area contributed by atoms with E-state index in [2.05, 4.69) is 22.9 Å². The Bertz CT molecular complexity index is 281. The van der Waals surface area contributed by atoms with E-state index in [-0.39, 0.29) is 0 Å². The lowest BCUT2D eigenvalue weighted by Crippen LogP contribution is -1.96. The molecule has 1 atom stereocenters. The highest BCUT2D eigenvalue weighted by Crippen LogP contribution is 2.14. The molecule has 0 fully saturated rings. The predicted octanol–water partition coefficient (Wildman–Crippen LogP) is 3.36. The van der Waals surface area contributed by atoms with Crippen molar-refractivity contribution in [3.05, 3.63) is 28.7 Å². The van der Waals surface area contributed by atoms with Gasteiger partial charge in [-0.05, 0) is 30.7 Å². The summed E-state index contributed by atoms with van der Waals surface area (Å²) in [4.78, 5) is 0.927. The zero-order chi connectivity index (χ0) is 9.68. The van der Waals surface area contributed by atoms with Gasteiger partial charge < -0.3 is 0 Å². The zero-order valence-corrected chi connectivity index (χ0v) is 10.0. The van der Waals surface area contributed by atoms with Gasteiger partial charge in [-0.25, -0.2) is 0 Å². The Kier molecular flexibility index (Phi) is 4.67. The van der Waals surface area contributed by atoms with Crippen LogP contribution >= 0.6 is 15.9 Å². The maximum atomic E-state index is 11.6. The van der Waals surface area contributed by atoms with Crippen LogP contribution in [0, 0.1) is 0 Å². The third kappa shape index (κ3) is 3.61. The summed E-state index contributed by atoms with van der Waals surface area (Å²) in [5.41, 5.74) is 0. The molecule has 0 saturated carbocycles. The van der Waals surface area contributed by atoms with E-state index in [1.165, 1.54) is 0 Å². The van der Waals surface area contributed by atoms with E-state index in [1.807, 2.05) is 24.3 Å². The van der Waals surface area contributed by atoms with Crippen molar-refractivity contribution in [2.24, 2.45) is 0 Å². The lowest BCUT2D eigenvalue weighted by Gasteiger charge is -2.00. The molecule has 72 valence electrons. The van der Waals surface area contributed by atoms with Crippen LogP contribution < -0.4 is 0 Å². The van der Waals surface area contributed by atoms with Crippen molar-refractivity contribution in [1.29, 1.82) is 0 Å². The van der Waals surface area contributed by atoms with Gasteiger partial charge in [0.2, 0.25) is 0 Å². The fourth-order valence-corrected chi connectivity index (χ4v) is 2.47. The van der Waals surface area contributed by atoms with Crippen molar-refractivity contribution in [1.82, 2.24) is 0 Å². The molecule has 0 radical (unpaired) electrons. The van der Waals surface area contributed by atoms with E-state index in [0.717, 1.165) is 28.0 Å². The van der Waals surface area contributed by atoms with E-state index < -0.39 is 10.8 Å². The van der Waals surface area contributed by atoms with Crippen molar-refractivity contribution < 1.29 is 4.21 Å². The van der Waals surface area contributed by atoms with Gasteiger partial charge in [-0.2, -0.15) is 0 Å². The average molecular weight is 261 g/mol. The highest BCUT2D eigenvalue weighted by atomic mass is 79.9. The Morgan fingerprint density at radius 1 is 1.31 bits per heavy atom. The first kappa shape index (κ1) is 10.9. The number of rotatable bonds is 4. The summed E-state index contributed by atoms with van der Waals surface area (Å²) in [6.45, 7) is 2.11. The van der Waals surface area contributed by atoms with E-state index in [4.69, 9.17) is 0 Å². The standard InChI is InChI=1S/C10H13BrOS/c1-2-3-8-13(12)10-6-4-9(11)5-7-10/h4-7H,2-3,8H2,1H3.